The molecule has 2 aliphatic rings. The number of likely N-dealkylation sites (N-methyl/N-ethyl adjacent to an activating group) is 1. The fourth-order valence-electron chi connectivity index (χ4n) is 4.62. The van der Waals surface area contributed by atoms with Gasteiger partial charge >= 0.3 is 0 Å². The molecule has 0 radical (unpaired) electrons. The number of nitrogens with zero attached hydrogens (tertiary/aromatic N) is 2. The molecule has 1 unspecified atom stereocenters. The van der Waals surface area contributed by atoms with Gasteiger partial charge < -0.3 is 24.6 Å². The molecule has 3 aromatic rings. The van der Waals surface area contributed by atoms with E-state index < -0.39 is 22.7 Å². The molecule has 30 heavy (non-hydrogen) atoms. The molecule has 0 bridgehead atoms. The van der Waals surface area contributed by atoms with E-state index in [0.29, 0.717) is 29.8 Å². The average molecular weight is 414 g/mol. The lowest BCUT2D eigenvalue weighted by atomic mass is 10.1. The number of aromatic amines is 1. The number of anilines is 1. The number of hydrogen-bond donors (Lipinski definition) is 3. The Balaban J connectivity index is 1.92. The second-order valence-corrected chi connectivity index (χ2v) is 8.03. The van der Waals surface area contributed by atoms with Gasteiger partial charge in [-0.15, -0.1) is 0 Å². The van der Waals surface area contributed by atoms with Crippen LogP contribution in [0.25, 0.3) is 21.8 Å². The SMILES string of the molecule is CNC1CCN(c2c(F)cc3c(=O)c4c(O)[nH]c(=O)cc4n(C4CC4)c3c2OC)C1. The molecular formula is C21H23FN4O4. The maximum Gasteiger partial charge on any atom is 0.252 e. The van der Waals surface area contributed by atoms with Crippen molar-refractivity contribution in [3.63, 3.8) is 0 Å². The number of halogens is 1. The van der Waals surface area contributed by atoms with Gasteiger partial charge in [-0.1, -0.05) is 0 Å². The molecule has 1 saturated heterocycles. The zero-order chi connectivity index (χ0) is 21.2. The third-order valence-electron chi connectivity index (χ3n) is 6.19. The number of nitrogens with one attached hydrogen (secondary N) is 2. The summed E-state index contributed by atoms with van der Waals surface area (Å²) in [6.45, 7) is 1.28. The first-order chi connectivity index (χ1) is 14.4. The van der Waals surface area contributed by atoms with Crippen molar-refractivity contribution >= 4 is 27.5 Å². The number of pyridine rings is 2. The molecule has 9 heteroatoms. The fourth-order valence-corrected chi connectivity index (χ4v) is 4.62. The van der Waals surface area contributed by atoms with Crippen molar-refractivity contribution in [2.45, 2.75) is 31.3 Å². The van der Waals surface area contributed by atoms with Gasteiger partial charge in [0.2, 0.25) is 11.3 Å². The number of ether oxygens (including phenoxy) is 1. The Morgan fingerprint density at radius 1 is 1.27 bits per heavy atom. The van der Waals surface area contributed by atoms with Gasteiger partial charge in [-0.2, -0.15) is 0 Å². The third kappa shape index (κ3) is 2.68. The normalized spacial score (nSPS) is 19.2. The topological polar surface area (TPSA) is 99.6 Å². The van der Waals surface area contributed by atoms with Crippen LogP contribution in [0.5, 0.6) is 11.6 Å². The largest absolute Gasteiger partial charge is 0.494 e. The highest BCUT2D eigenvalue weighted by atomic mass is 19.1. The number of fused-ring (bicyclic) bond motifs is 2. The Hall–Kier alpha value is -3.07. The van der Waals surface area contributed by atoms with Crippen LogP contribution in [0.4, 0.5) is 10.1 Å². The highest BCUT2D eigenvalue weighted by molar-refractivity contribution is 6.01. The quantitative estimate of drug-likeness (QED) is 0.564. The molecular weight excluding hydrogens is 391 g/mol. The molecule has 1 saturated carbocycles. The summed E-state index contributed by atoms with van der Waals surface area (Å²) < 4.78 is 22.9. The molecule has 3 N–H and O–H groups in total. The first-order valence-corrected chi connectivity index (χ1v) is 10.1. The van der Waals surface area contributed by atoms with Crippen molar-refractivity contribution in [3.05, 3.63) is 38.5 Å². The van der Waals surface area contributed by atoms with Crippen LogP contribution in [0.1, 0.15) is 25.3 Å². The van der Waals surface area contributed by atoms with Crippen molar-refractivity contribution in [2.75, 3.05) is 32.1 Å². The number of benzene rings is 1. The van der Waals surface area contributed by atoms with Gasteiger partial charge in [-0.05, 0) is 32.4 Å². The zero-order valence-corrected chi connectivity index (χ0v) is 16.8. The summed E-state index contributed by atoms with van der Waals surface area (Å²) in [5, 5.41) is 13.6. The van der Waals surface area contributed by atoms with E-state index in [1.165, 1.54) is 19.2 Å². The number of aromatic nitrogens is 2. The summed E-state index contributed by atoms with van der Waals surface area (Å²) >= 11 is 0. The summed E-state index contributed by atoms with van der Waals surface area (Å²) in [6.07, 6.45) is 2.59. The van der Waals surface area contributed by atoms with Gasteiger partial charge in [0.25, 0.3) is 5.56 Å². The average Bonchev–Trinajstić information content (AvgIpc) is 3.43. The van der Waals surface area contributed by atoms with Crippen LogP contribution in [0.15, 0.2) is 21.7 Å². The number of hydrogen-bond acceptors (Lipinski definition) is 6. The van der Waals surface area contributed by atoms with Crippen LogP contribution >= 0.6 is 0 Å². The highest BCUT2D eigenvalue weighted by Crippen LogP contribution is 2.46. The molecule has 5 rings (SSSR count). The van der Waals surface area contributed by atoms with Crippen LogP contribution in [0, 0.1) is 5.82 Å². The molecule has 1 aliphatic heterocycles. The number of H-pyrrole nitrogens is 1. The van der Waals surface area contributed by atoms with Crippen molar-refractivity contribution in [1.82, 2.24) is 14.9 Å². The maximum atomic E-state index is 15.3. The van der Waals surface area contributed by atoms with Crippen LogP contribution < -0.4 is 25.9 Å². The standard InChI is InChI=1S/C21H23FN4O4/c1-23-10-5-6-25(9-10)18-13(22)7-12-17(20(18)30-2)26(11-3-4-11)14-8-15(27)24-21(29)16(14)19(12)28/h7-8,10-11,23H,3-6,9H2,1-2H3,(H2,24,27,29). The second kappa shape index (κ2) is 6.73. The number of aromatic hydroxyl groups is 1. The molecule has 1 aromatic carbocycles. The van der Waals surface area contributed by atoms with Crippen molar-refractivity contribution in [2.24, 2.45) is 0 Å². The lowest BCUT2D eigenvalue weighted by Gasteiger charge is -2.25. The van der Waals surface area contributed by atoms with Crippen molar-refractivity contribution in [1.29, 1.82) is 0 Å². The predicted molar refractivity (Wildman–Crippen MR) is 112 cm³/mol. The Morgan fingerprint density at radius 3 is 2.67 bits per heavy atom. The van der Waals surface area contributed by atoms with E-state index in [1.54, 1.807) is 0 Å². The molecule has 3 heterocycles. The minimum absolute atomic E-state index is 0.0142. The Bertz CT molecular complexity index is 1290. The maximum absolute atomic E-state index is 15.3. The lowest BCUT2D eigenvalue weighted by molar-refractivity contribution is 0.414. The van der Waals surface area contributed by atoms with E-state index in [0.717, 1.165) is 19.3 Å². The molecule has 158 valence electrons. The Kier molecular flexibility index (Phi) is 4.25. The molecule has 0 spiro atoms. The van der Waals surface area contributed by atoms with E-state index in [2.05, 4.69) is 10.3 Å². The van der Waals surface area contributed by atoms with Crippen molar-refractivity contribution in [3.8, 4) is 11.6 Å². The highest BCUT2D eigenvalue weighted by Gasteiger charge is 2.33. The van der Waals surface area contributed by atoms with E-state index in [1.807, 2.05) is 16.5 Å². The van der Waals surface area contributed by atoms with Crippen molar-refractivity contribution < 1.29 is 14.2 Å². The predicted octanol–water partition coefficient (Wildman–Crippen LogP) is 1.83. The van der Waals surface area contributed by atoms with E-state index in [9.17, 15) is 14.7 Å². The van der Waals surface area contributed by atoms with Gasteiger partial charge in [-0.3, -0.25) is 14.6 Å². The van der Waals surface area contributed by atoms with Crippen LogP contribution in [-0.2, 0) is 0 Å². The molecule has 2 aromatic heterocycles. The van der Waals surface area contributed by atoms with Crippen LogP contribution in [0.3, 0.4) is 0 Å². The second-order valence-electron chi connectivity index (χ2n) is 8.03. The van der Waals surface area contributed by atoms with Gasteiger partial charge in [-0.25, -0.2) is 4.39 Å². The smallest absolute Gasteiger partial charge is 0.252 e. The summed E-state index contributed by atoms with van der Waals surface area (Å²) in [4.78, 5) is 29.5. The molecule has 0 amide bonds. The van der Waals surface area contributed by atoms with Gasteiger partial charge in [0, 0.05) is 31.2 Å². The van der Waals surface area contributed by atoms with Gasteiger partial charge in [0.15, 0.2) is 11.6 Å². The molecule has 8 nitrogen and oxygen atoms in total. The van der Waals surface area contributed by atoms with E-state index in [4.69, 9.17) is 4.74 Å². The monoisotopic (exact) mass is 414 g/mol. The van der Waals surface area contributed by atoms with Crippen LogP contribution in [0.2, 0.25) is 0 Å². The summed E-state index contributed by atoms with van der Waals surface area (Å²) in [5.41, 5.74) is 0.0770. The fraction of sp³-hybridized carbons (Fsp3) is 0.429. The summed E-state index contributed by atoms with van der Waals surface area (Å²) in [6, 6.07) is 2.82. The van der Waals surface area contributed by atoms with Gasteiger partial charge in [0.05, 0.1) is 23.5 Å². The summed E-state index contributed by atoms with van der Waals surface area (Å²) in [7, 11) is 3.34. The molecule has 1 atom stereocenters. The molecule has 1 aliphatic carbocycles. The molecule has 2 fully saturated rings. The Morgan fingerprint density at radius 2 is 2.03 bits per heavy atom. The first-order valence-electron chi connectivity index (χ1n) is 10.1. The lowest BCUT2D eigenvalue weighted by Crippen LogP contribution is -2.30. The number of rotatable bonds is 4. The number of methoxy groups -OCH3 is 1. The summed E-state index contributed by atoms with van der Waals surface area (Å²) in [5.74, 6) is -0.759. The first kappa shape index (κ1) is 18.9. The van der Waals surface area contributed by atoms with E-state index >= 15 is 4.39 Å². The minimum atomic E-state index is -0.543. The van der Waals surface area contributed by atoms with Gasteiger partial charge in [0.1, 0.15) is 11.1 Å². The zero-order valence-electron chi connectivity index (χ0n) is 16.8. The third-order valence-corrected chi connectivity index (χ3v) is 6.19. The minimum Gasteiger partial charge on any atom is -0.494 e. The Labute approximate surface area is 170 Å². The van der Waals surface area contributed by atoms with Crippen LogP contribution in [-0.4, -0.2) is 47.9 Å². The van der Waals surface area contributed by atoms with E-state index in [-0.39, 0.29) is 28.6 Å².